The van der Waals surface area contributed by atoms with Gasteiger partial charge >= 0.3 is 0 Å². The van der Waals surface area contributed by atoms with Crippen LogP contribution in [-0.4, -0.2) is 15.2 Å². The van der Waals surface area contributed by atoms with Crippen molar-refractivity contribution in [3.05, 3.63) is 46.5 Å². The number of hydrogen-bond acceptors (Lipinski definition) is 3. The summed E-state index contributed by atoms with van der Waals surface area (Å²) in [6.45, 7) is 12.1. The van der Waals surface area contributed by atoms with Gasteiger partial charge in [0.15, 0.2) is 0 Å². The molecule has 1 aromatic carbocycles. The van der Waals surface area contributed by atoms with Crippen LogP contribution in [0.15, 0.2) is 18.2 Å². The summed E-state index contributed by atoms with van der Waals surface area (Å²) in [6.07, 6.45) is 0.956. The number of benzene rings is 1. The van der Waals surface area contributed by atoms with Crippen molar-refractivity contribution >= 4 is 0 Å². The lowest BCUT2D eigenvalue weighted by Crippen LogP contribution is -2.14. The van der Waals surface area contributed by atoms with Crippen LogP contribution in [-0.2, 0) is 6.42 Å². The molecule has 0 saturated heterocycles. The van der Waals surface area contributed by atoms with Crippen molar-refractivity contribution in [2.45, 2.75) is 72.3 Å². The van der Waals surface area contributed by atoms with E-state index in [1.807, 2.05) is 13.8 Å². The molecule has 4 heteroatoms. The molecule has 1 heterocycles. The standard InChI is InChI=1S/C22H30FNO2/c1-7-8-17-20(16-10-9-15(23)11-18(16)26)19(14(6)25)22(13(4)5)24-21(17)12(2)3/h9-14,25-26H,7-8H2,1-6H3/t14-/m1/s1. The minimum atomic E-state index is -0.740. The maximum atomic E-state index is 13.6. The van der Waals surface area contributed by atoms with Gasteiger partial charge in [0.2, 0.25) is 0 Å². The van der Waals surface area contributed by atoms with E-state index < -0.39 is 11.9 Å². The summed E-state index contributed by atoms with van der Waals surface area (Å²) in [7, 11) is 0. The molecular formula is C22H30FNO2. The highest BCUT2D eigenvalue weighted by molar-refractivity contribution is 5.78. The fourth-order valence-corrected chi connectivity index (χ4v) is 3.54. The van der Waals surface area contributed by atoms with E-state index in [0.29, 0.717) is 5.56 Å². The van der Waals surface area contributed by atoms with Gasteiger partial charge in [-0.1, -0.05) is 41.0 Å². The fourth-order valence-electron chi connectivity index (χ4n) is 3.54. The summed E-state index contributed by atoms with van der Waals surface area (Å²) in [5, 5.41) is 21.0. The number of rotatable bonds is 6. The second kappa shape index (κ2) is 8.17. The van der Waals surface area contributed by atoms with Crippen molar-refractivity contribution in [3.8, 4) is 16.9 Å². The Hall–Kier alpha value is -1.94. The average molecular weight is 359 g/mol. The van der Waals surface area contributed by atoms with Crippen molar-refractivity contribution in [2.75, 3.05) is 0 Å². The topological polar surface area (TPSA) is 53.4 Å². The van der Waals surface area contributed by atoms with E-state index in [1.165, 1.54) is 6.07 Å². The molecule has 0 bridgehead atoms. The van der Waals surface area contributed by atoms with Crippen molar-refractivity contribution in [2.24, 2.45) is 0 Å². The molecule has 142 valence electrons. The zero-order valence-electron chi connectivity index (χ0n) is 16.6. The normalized spacial score (nSPS) is 12.8. The molecule has 0 saturated carbocycles. The van der Waals surface area contributed by atoms with Crippen LogP contribution in [0.3, 0.4) is 0 Å². The van der Waals surface area contributed by atoms with Gasteiger partial charge in [-0.25, -0.2) is 4.39 Å². The Kier molecular flexibility index (Phi) is 6.40. The summed E-state index contributed by atoms with van der Waals surface area (Å²) >= 11 is 0. The van der Waals surface area contributed by atoms with E-state index in [9.17, 15) is 14.6 Å². The number of aliphatic hydroxyl groups excluding tert-OH is 1. The molecule has 2 N–H and O–H groups in total. The summed E-state index contributed by atoms with van der Waals surface area (Å²) in [5.74, 6) is -0.267. The molecule has 0 aliphatic rings. The second-order valence-corrected chi connectivity index (χ2v) is 7.55. The molecule has 0 spiro atoms. The molecule has 0 aliphatic heterocycles. The molecule has 0 amide bonds. The molecule has 2 rings (SSSR count). The molecule has 2 aromatic rings. The van der Waals surface area contributed by atoms with Gasteiger partial charge in [-0.05, 0) is 48.4 Å². The van der Waals surface area contributed by atoms with E-state index in [1.54, 1.807) is 13.0 Å². The summed E-state index contributed by atoms with van der Waals surface area (Å²) in [6, 6.07) is 4.07. The van der Waals surface area contributed by atoms with E-state index in [4.69, 9.17) is 4.98 Å². The maximum Gasteiger partial charge on any atom is 0.126 e. The number of phenolic OH excluding ortho intramolecular Hbond substituents is 1. The van der Waals surface area contributed by atoms with Crippen LogP contribution in [0.4, 0.5) is 4.39 Å². The Bertz CT molecular complexity index is 782. The smallest absolute Gasteiger partial charge is 0.126 e. The van der Waals surface area contributed by atoms with Crippen LogP contribution in [0.1, 0.15) is 88.4 Å². The van der Waals surface area contributed by atoms with Crippen LogP contribution >= 0.6 is 0 Å². The molecule has 0 radical (unpaired) electrons. The predicted molar refractivity (Wildman–Crippen MR) is 104 cm³/mol. The first kappa shape index (κ1) is 20.4. The van der Waals surface area contributed by atoms with Crippen LogP contribution in [0.25, 0.3) is 11.1 Å². The van der Waals surface area contributed by atoms with E-state index in [0.717, 1.165) is 47.0 Å². The maximum absolute atomic E-state index is 13.6. The molecule has 0 unspecified atom stereocenters. The van der Waals surface area contributed by atoms with E-state index >= 15 is 0 Å². The molecule has 1 aromatic heterocycles. The number of aliphatic hydroxyl groups is 1. The second-order valence-electron chi connectivity index (χ2n) is 7.55. The monoisotopic (exact) mass is 359 g/mol. The molecule has 3 nitrogen and oxygen atoms in total. The Labute approximate surface area is 155 Å². The number of nitrogens with zero attached hydrogens (tertiary/aromatic N) is 1. The zero-order chi connectivity index (χ0) is 19.6. The summed E-state index contributed by atoms with van der Waals surface area (Å²) < 4.78 is 13.6. The Morgan fingerprint density at radius 3 is 2.12 bits per heavy atom. The van der Waals surface area contributed by atoms with E-state index in [-0.39, 0.29) is 17.6 Å². The van der Waals surface area contributed by atoms with Gasteiger partial charge in [0.05, 0.1) is 6.10 Å². The van der Waals surface area contributed by atoms with E-state index in [2.05, 4.69) is 20.8 Å². The third kappa shape index (κ3) is 3.90. The van der Waals surface area contributed by atoms with Gasteiger partial charge in [-0.3, -0.25) is 4.98 Å². The SMILES string of the molecule is CCCc1c(C(C)C)nc(C(C)C)c([C@@H](C)O)c1-c1ccc(F)cc1O. The Morgan fingerprint density at radius 1 is 1.04 bits per heavy atom. The third-order valence-corrected chi connectivity index (χ3v) is 4.64. The number of aromatic nitrogens is 1. The molecule has 0 fully saturated rings. The Balaban J connectivity index is 3.00. The van der Waals surface area contributed by atoms with Crippen molar-refractivity contribution < 1.29 is 14.6 Å². The highest BCUT2D eigenvalue weighted by Crippen LogP contribution is 2.43. The van der Waals surface area contributed by atoms with Crippen LogP contribution in [0.2, 0.25) is 0 Å². The number of aromatic hydroxyl groups is 1. The minimum absolute atomic E-state index is 0.111. The van der Waals surface area contributed by atoms with Gasteiger partial charge in [-0.2, -0.15) is 0 Å². The lowest BCUT2D eigenvalue weighted by atomic mass is 9.83. The van der Waals surface area contributed by atoms with Crippen molar-refractivity contribution in [3.63, 3.8) is 0 Å². The number of halogens is 1. The van der Waals surface area contributed by atoms with Crippen LogP contribution in [0, 0.1) is 5.82 Å². The third-order valence-electron chi connectivity index (χ3n) is 4.64. The number of pyridine rings is 1. The number of phenols is 1. The molecule has 1 atom stereocenters. The van der Waals surface area contributed by atoms with Crippen molar-refractivity contribution in [1.82, 2.24) is 4.98 Å². The average Bonchev–Trinajstić information content (AvgIpc) is 2.54. The number of hydrogen-bond donors (Lipinski definition) is 2. The fraction of sp³-hybridized carbons (Fsp3) is 0.500. The van der Waals surface area contributed by atoms with Gasteiger partial charge in [0.1, 0.15) is 11.6 Å². The van der Waals surface area contributed by atoms with Gasteiger partial charge in [-0.15, -0.1) is 0 Å². The van der Waals surface area contributed by atoms with Crippen LogP contribution < -0.4 is 0 Å². The minimum Gasteiger partial charge on any atom is -0.507 e. The van der Waals surface area contributed by atoms with Gasteiger partial charge in [0.25, 0.3) is 0 Å². The highest BCUT2D eigenvalue weighted by Gasteiger charge is 2.26. The first-order valence-electron chi connectivity index (χ1n) is 9.42. The molecule has 26 heavy (non-hydrogen) atoms. The van der Waals surface area contributed by atoms with Gasteiger partial charge in [0, 0.05) is 28.6 Å². The first-order valence-corrected chi connectivity index (χ1v) is 9.42. The zero-order valence-corrected chi connectivity index (χ0v) is 16.6. The Morgan fingerprint density at radius 2 is 1.65 bits per heavy atom. The molecule has 0 aliphatic carbocycles. The van der Waals surface area contributed by atoms with Crippen molar-refractivity contribution in [1.29, 1.82) is 0 Å². The van der Waals surface area contributed by atoms with Gasteiger partial charge < -0.3 is 10.2 Å². The summed E-state index contributed by atoms with van der Waals surface area (Å²) in [4.78, 5) is 4.93. The predicted octanol–water partition coefficient (Wildman–Crippen LogP) is 5.85. The molecular weight excluding hydrogens is 329 g/mol. The first-order chi connectivity index (χ1) is 12.2. The lowest BCUT2D eigenvalue weighted by molar-refractivity contribution is 0.197. The van der Waals surface area contributed by atoms with Crippen LogP contribution in [0.5, 0.6) is 5.75 Å². The lowest BCUT2D eigenvalue weighted by Gasteiger charge is -2.26. The largest absolute Gasteiger partial charge is 0.507 e. The summed E-state index contributed by atoms with van der Waals surface area (Å²) in [5.41, 5.74) is 4.94. The highest BCUT2D eigenvalue weighted by atomic mass is 19.1. The quantitative estimate of drug-likeness (QED) is 0.680.